The van der Waals surface area contributed by atoms with E-state index in [-0.39, 0.29) is 5.84 Å². The van der Waals surface area contributed by atoms with Crippen LogP contribution in [-0.4, -0.2) is 11.0 Å². The molecule has 0 saturated heterocycles. The highest BCUT2D eigenvalue weighted by Crippen LogP contribution is 2.13. The average molecular weight is 186 g/mol. The highest BCUT2D eigenvalue weighted by molar-refractivity contribution is 7.14. The van der Waals surface area contributed by atoms with Crippen molar-refractivity contribution in [3.8, 4) is 0 Å². The lowest BCUT2D eigenvalue weighted by Crippen LogP contribution is -2.10. The molecule has 4 heteroatoms. The van der Waals surface area contributed by atoms with Crippen LogP contribution in [0.1, 0.15) is 23.6 Å². The lowest BCUT2D eigenvalue weighted by molar-refractivity contribution is 0.319. The van der Waals surface area contributed by atoms with Gasteiger partial charge in [0.2, 0.25) is 0 Å². The molecule has 0 amide bonds. The predicted octanol–water partition coefficient (Wildman–Crippen LogP) is 2.18. The molecule has 0 aromatic carbocycles. The average Bonchev–Trinajstić information content (AvgIpc) is 2.54. The third-order valence-corrected chi connectivity index (χ3v) is 2.12. The number of amidine groups is 1. The number of nitrogens with zero attached hydrogens (tertiary/aromatic N) is 1. The summed E-state index contributed by atoms with van der Waals surface area (Å²) < 4.78 is 0. The zero-order valence-corrected chi connectivity index (χ0v) is 8.35. The van der Waals surface area contributed by atoms with Crippen molar-refractivity contribution in [3.63, 3.8) is 0 Å². The minimum Gasteiger partial charge on any atom is -0.409 e. The molecule has 0 aliphatic heterocycles. The molecular weight excluding hydrogens is 172 g/mol. The molecule has 0 bridgehead atoms. The predicted molar refractivity (Wildman–Crippen MR) is 52.9 cm³/mol. The number of thiophene rings is 1. The van der Waals surface area contributed by atoms with Gasteiger partial charge in [0.05, 0.1) is 4.88 Å². The van der Waals surface area contributed by atoms with Crippen molar-refractivity contribution < 1.29 is 5.21 Å². The fourth-order valence-corrected chi connectivity index (χ4v) is 1.39. The third kappa shape index (κ3) is 2.92. The van der Waals surface area contributed by atoms with Gasteiger partial charge in [0.15, 0.2) is 5.84 Å². The number of rotatable bonds is 1. The Kier molecular flexibility index (Phi) is 5.12. The van der Waals surface area contributed by atoms with E-state index in [1.807, 2.05) is 32.9 Å². The first-order chi connectivity index (χ1) is 5.74. The largest absolute Gasteiger partial charge is 0.409 e. The van der Waals surface area contributed by atoms with Gasteiger partial charge in [-0.05, 0) is 19.1 Å². The second-order valence-electron chi connectivity index (χ2n) is 1.90. The van der Waals surface area contributed by atoms with Crippen LogP contribution >= 0.6 is 11.3 Å². The fourth-order valence-electron chi connectivity index (χ4n) is 0.621. The topological polar surface area (TPSA) is 58.6 Å². The Morgan fingerprint density at radius 3 is 2.42 bits per heavy atom. The summed E-state index contributed by atoms with van der Waals surface area (Å²) in [6, 6.07) is 3.76. The molecule has 0 aliphatic rings. The monoisotopic (exact) mass is 186 g/mol. The Balaban J connectivity index is 0.000000561. The number of hydrogen-bond donors (Lipinski definition) is 2. The zero-order valence-electron chi connectivity index (χ0n) is 7.53. The first-order valence-electron chi connectivity index (χ1n) is 3.78. The van der Waals surface area contributed by atoms with Crippen molar-refractivity contribution in [2.75, 3.05) is 0 Å². The third-order valence-electron chi connectivity index (χ3n) is 1.10. The van der Waals surface area contributed by atoms with Crippen LogP contribution in [0, 0.1) is 6.92 Å². The molecule has 0 atom stereocenters. The van der Waals surface area contributed by atoms with E-state index < -0.39 is 0 Å². The minimum absolute atomic E-state index is 0.179. The molecule has 0 unspecified atom stereocenters. The summed E-state index contributed by atoms with van der Waals surface area (Å²) in [5.74, 6) is 0.179. The van der Waals surface area contributed by atoms with Crippen molar-refractivity contribution >= 4 is 17.2 Å². The summed E-state index contributed by atoms with van der Waals surface area (Å²) in [6.07, 6.45) is 0. The lowest BCUT2D eigenvalue weighted by atomic mass is 10.4. The summed E-state index contributed by atoms with van der Waals surface area (Å²) in [7, 11) is 0. The van der Waals surface area contributed by atoms with E-state index in [4.69, 9.17) is 10.9 Å². The number of aryl methyl sites for hydroxylation is 1. The number of hydrogen-bond acceptors (Lipinski definition) is 3. The number of nitrogens with two attached hydrogens (primary N) is 1. The molecule has 0 radical (unpaired) electrons. The van der Waals surface area contributed by atoms with Gasteiger partial charge >= 0.3 is 0 Å². The van der Waals surface area contributed by atoms with Gasteiger partial charge in [-0.15, -0.1) is 11.3 Å². The molecule has 1 aromatic rings. The Morgan fingerprint density at radius 1 is 1.50 bits per heavy atom. The Labute approximate surface area is 76.5 Å². The highest BCUT2D eigenvalue weighted by Gasteiger charge is 1.99. The zero-order chi connectivity index (χ0) is 9.56. The standard InChI is InChI=1S/C6H8N2OS.C2H6/c1-4-2-3-5(10-4)6(7)8-9;1-2/h2-3,9H,1H3,(H2,7,8);1-2H3. The van der Waals surface area contributed by atoms with Crippen LogP contribution in [0.5, 0.6) is 0 Å². The van der Waals surface area contributed by atoms with Crippen molar-refractivity contribution in [1.82, 2.24) is 0 Å². The summed E-state index contributed by atoms with van der Waals surface area (Å²) in [4.78, 5) is 1.96. The second-order valence-corrected chi connectivity index (χ2v) is 3.18. The normalized spacial score (nSPS) is 10.4. The first-order valence-corrected chi connectivity index (χ1v) is 4.60. The van der Waals surface area contributed by atoms with Crippen LogP contribution in [0.2, 0.25) is 0 Å². The highest BCUT2D eigenvalue weighted by atomic mass is 32.1. The molecule has 68 valence electrons. The van der Waals surface area contributed by atoms with Gasteiger partial charge in [-0.2, -0.15) is 0 Å². The van der Waals surface area contributed by atoms with E-state index in [1.54, 1.807) is 0 Å². The molecule has 0 spiro atoms. The molecule has 1 rings (SSSR count). The Hall–Kier alpha value is -1.03. The molecule has 3 nitrogen and oxygen atoms in total. The van der Waals surface area contributed by atoms with Gasteiger partial charge in [-0.3, -0.25) is 0 Å². The van der Waals surface area contributed by atoms with Gasteiger partial charge in [0, 0.05) is 4.88 Å². The molecule has 0 aliphatic carbocycles. The molecule has 0 fully saturated rings. The van der Waals surface area contributed by atoms with Crippen molar-refractivity contribution in [2.45, 2.75) is 20.8 Å². The fraction of sp³-hybridized carbons (Fsp3) is 0.375. The molecule has 1 aromatic heterocycles. The smallest absolute Gasteiger partial charge is 0.180 e. The summed E-state index contributed by atoms with van der Waals surface area (Å²) in [6.45, 7) is 5.97. The molecule has 0 saturated carbocycles. The second kappa shape index (κ2) is 5.60. The Morgan fingerprint density at radius 2 is 2.08 bits per heavy atom. The van der Waals surface area contributed by atoms with Crippen molar-refractivity contribution in [2.24, 2.45) is 10.9 Å². The minimum atomic E-state index is 0.179. The molecular formula is C8H14N2OS. The van der Waals surface area contributed by atoms with Gasteiger partial charge in [0.25, 0.3) is 0 Å². The SMILES string of the molecule is CC.Cc1ccc(/C(N)=N/O)s1. The molecule has 1 heterocycles. The lowest BCUT2D eigenvalue weighted by Gasteiger charge is -1.88. The molecule has 3 N–H and O–H groups in total. The summed E-state index contributed by atoms with van der Waals surface area (Å²) in [5.41, 5.74) is 5.32. The van der Waals surface area contributed by atoms with Crippen LogP contribution in [0.15, 0.2) is 17.3 Å². The maximum atomic E-state index is 8.27. The quantitative estimate of drug-likeness (QED) is 0.305. The van der Waals surface area contributed by atoms with E-state index in [0.717, 1.165) is 9.75 Å². The van der Waals surface area contributed by atoms with E-state index in [1.165, 1.54) is 11.3 Å². The van der Waals surface area contributed by atoms with Gasteiger partial charge < -0.3 is 10.9 Å². The Bertz CT molecular complexity index is 255. The van der Waals surface area contributed by atoms with Crippen LogP contribution in [0.25, 0.3) is 0 Å². The maximum absolute atomic E-state index is 8.27. The van der Waals surface area contributed by atoms with Crippen LogP contribution in [-0.2, 0) is 0 Å². The summed E-state index contributed by atoms with van der Waals surface area (Å²) >= 11 is 1.50. The molecule has 12 heavy (non-hydrogen) atoms. The number of oxime groups is 1. The van der Waals surface area contributed by atoms with Crippen LogP contribution in [0.4, 0.5) is 0 Å². The van der Waals surface area contributed by atoms with Crippen molar-refractivity contribution in [1.29, 1.82) is 0 Å². The van der Waals surface area contributed by atoms with E-state index in [0.29, 0.717) is 0 Å². The van der Waals surface area contributed by atoms with E-state index >= 15 is 0 Å². The van der Waals surface area contributed by atoms with E-state index in [2.05, 4.69) is 5.16 Å². The van der Waals surface area contributed by atoms with Gasteiger partial charge in [-0.25, -0.2) is 0 Å². The van der Waals surface area contributed by atoms with Crippen molar-refractivity contribution in [3.05, 3.63) is 21.9 Å². The van der Waals surface area contributed by atoms with E-state index in [9.17, 15) is 0 Å². The van der Waals surface area contributed by atoms with Crippen LogP contribution in [0.3, 0.4) is 0 Å². The first kappa shape index (κ1) is 11.0. The van der Waals surface area contributed by atoms with Gasteiger partial charge in [-0.1, -0.05) is 19.0 Å². The summed E-state index contributed by atoms with van der Waals surface area (Å²) in [5, 5.41) is 11.1. The van der Waals surface area contributed by atoms with Crippen LogP contribution < -0.4 is 5.73 Å². The van der Waals surface area contributed by atoms with Gasteiger partial charge in [0.1, 0.15) is 0 Å². The maximum Gasteiger partial charge on any atom is 0.180 e.